The van der Waals surface area contributed by atoms with Gasteiger partial charge in [0, 0.05) is 19.1 Å². The number of aryl methyl sites for hydroxylation is 1. The van der Waals surface area contributed by atoms with Crippen molar-refractivity contribution in [2.45, 2.75) is 45.7 Å². The standard InChI is InChI=1S/C12H21N3O2/c1-5-6-12(2,3)13-8-10-9(11(16)17)7-14-15(10)4/h7,13H,5-6,8H2,1-4H3,(H,16,17). The molecule has 96 valence electrons. The second kappa shape index (κ2) is 5.31. The first-order valence-electron chi connectivity index (χ1n) is 5.86. The maximum Gasteiger partial charge on any atom is 0.339 e. The molecule has 0 fully saturated rings. The van der Waals surface area contributed by atoms with Crippen molar-refractivity contribution < 1.29 is 9.90 Å². The molecule has 0 aromatic carbocycles. The van der Waals surface area contributed by atoms with Crippen molar-refractivity contribution in [2.24, 2.45) is 7.05 Å². The van der Waals surface area contributed by atoms with Crippen molar-refractivity contribution in [3.63, 3.8) is 0 Å². The van der Waals surface area contributed by atoms with Crippen molar-refractivity contribution in [1.29, 1.82) is 0 Å². The molecule has 0 spiro atoms. The maximum absolute atomic E-state index is 11.0. The van der Waals surface area contributed by atoms with Crippen LogP contribution in [0.3, 0.4) is 0 Å². The summed E-state index contributed by atoms with van der Waals surface area (Å²) in [5, 5.41) is 16.4. The van der Waals surface area contributed by atoms with Gasteiger partial charge in [-0.15, -0.1) is 0 Å². The lowest BCUT2D eigenvalue weighted by Gasteiger charge is -2.26. The maximum atomic E-state index is 11.0. The summed E-state index contributed by atoms with van der Waals surface area (Å²) in [6.45, 7) is 6.89. The van der Waals surface area contributed by atoms with Crippen LogP contribution in [-0.2, 0) is 13.6 Å². The lowest BCUT2D eigenvalue weighted by atomic mass is 9.99. The third-order valence-electron chi connectivity index (χ3n) is 2.90. The Morgan fingerprint density at radius 2 is 2.24 bits per heavy atom. The minimum absolute atomic E-state index is 0.00872. The highest BCUT2D eigenvalue weighted by atomic mass is 16.4. The van der Waals surface area contributed by atoms with E-state index in [9.17, 15) is 4.79 Å². The van der Waals surface area contributed by atoms with Crippen LogP contribution in [0.4, 0.5) is 0 Å². The molecule has 5 heteroatoms. The van der Waals surface area contributed by atoms with Gasteiger partial charge in [0.15, 0.2) is 0 Å². The van der Waals surface area contributed by atoms with Gasteiger partial charge in [0.25, 0.3) is 0 Å². The smallest absolute Gasteiger partial charge is 0.339 e. The molecular weight excluding hydrogens is 218 g/mol. The van der Waals surface area contributed by atoms with Crippen LogP contribution in [0.2, 0.25) is 0 Å². The summed E-state index contributed by atoms with van der Waals surface area (Å²) in [6, 6.07) is 0. The summed E-state index contributed by atoms with van der Waals surface area (Å²) >= 11 is 0. The summed E-state index contributed by atoms with van der Waals surface area (Å²) in [4.78, 5) is 11.0. The van der Waals surface area contributed by atoms with Gasteiger partial charge in [-0.25, -0.2) is 4.79 Å². The highest BCUT2D eigenvalue weighted by Gasteiger charge is 2.19. The number of aromatic nitrogens is 2. The van der Waals surface area contributed by atoms with E-state index in [1.165, 1.54) is 6.20 Å². The molecule has 0 atom stereocenters. The molecule has 0 bridgehead atoms. The lowest BCUT2D eigenvalue weighted by Crippen LogP contribution is -2.39. The first-order valence-corrected chi connectivity index (χ1v) is 5.86. The minimum atomic E-state index is -0.928. The first-order chi connectivity index (χ1) is 7.87. The summed E-state index contributed by atoms with van der Waals surface area (Å²) in [7, 11) is 1.76. The van der Waals surface area contributed by atoms with Crippen LogP contribution >= 0.6 is 0 Å². The summed E-state index contributed by atoms with van der Waals surface area (Å²) in [5.41, 5.74) is 0.989. The Kier molecular flexibility index (Phi) is 4.28. The molecule has 0 radical (unpaired) electrons. The third kappa shape index (κ3) is 3.56. The van der Waals surface area contributed by atoms with Crippen LogP contribution in [0.1, 0.15) is 49.7 Å². The number of rotatable bonds is 6. The molecule has 1 heterocycles. The molecule has 0 aliphatic heterocycles. The average Bonchev–Trinajstić information content (AvgIpc) is 2.57. The van der Waals surface area contributed by atoms with Crippen molar-refractivity contribution >= 4 is 5.97 Å². The van der Waals surface area contributed by atoms with E-state index in [4.69, 9.17) is 5.11 Å². The van der Waals surface area contributed by atoms with Crippen LogP contribution in [0.15, 0.2) is 6.20 Å². The number of carboxylic acid groups (broad SMARTS) is 1. The van der Waals surface area contributed by atoms with Gasteiger partial charge in [-0.1, -0.05) is 13.3 Å². The third-order valence-corrected chi connectivity index (χ3v) is 2.90. The fourth-order valence-electron chi connectivity index (χ4n) is 1.89. The predicted octanol–water partition coefficient (Wildman–Crippen LogP) is 1.79. The highest BCUT2D eigenvalue weighted by Crippen LogP contribution is 2.14. The van der Waals surface area contributed by atoms with E-state index < -0.39 is 5.97 Å². The van der Waals surface area contributed by atoms with Gasteiger partial charge in [-0.3, -0.25) is 4.68 Å². The van der Waals surface area contributed by atoms with Gasteiger partial charge < -0.3 is 10.4 Å². The van der Waals surface area contributed by atoms with Crippen molar-refractivity contribution in [1.82, 2.24) is 15.1 Å². The van der Waals surface area contributed by atoms with E-state index in [2.05, 4.69) is 31.2 Å². The van der Waals surface area contributed by atoms with Crippen molar-refractivity contribution in [3.8, 4) is 0 Å². The quantitative estimate of drug-likeness (QED) is 0.794. The molecule has 0 saturated heterocycles. The van der Waals surface area contributed by atoms with Gasteiger partial charge >= 0.3 is 5.97 Å². The largest absolute Gasteiger partial charge is 0.478 e. The number of nitrogens with one attached hydrogen (secondary N) is 1. The summed E-state index contributed by atoms with van der Waals surface area (Å²) in [6.07, 6.45) is 3.54. The Morgan fingerprint density at radius 3 is 2.76 bits per heavy atom. The Bertz CT molecular complexity index is 396. The zero-order valence-corrected chi connectivity index (χ0v) is 10.9. The van der Waals surface area contributed by atoms with Gasteiger partial charge in [0.2, 0.25) is 0 Å². The van der Waals surface area contributed by atoms with Crippen LogP contribution in [0, 0.1) is 0 Å². The fraction of sp³-hybridized carbons (Fsp3) is 0.667. The SMILES string of the molecule is CCCC(C)(C)NCc1c(C(=O)O)cnn1C. The van der Waals surface area contributed by atoms with Crippen LogP contribution in [-0.4, -0.2) is 26.4 Å². The monoisotopic (exact) mass is 239 g/mol. The summed E-state index contributed by atoms with van der Waals surface area (Å²) in [5.74, 6) is -0.928. The zero-order valence-electron chi connectivity index (χ0n) is 10.9. The molecule has 0 unspecified atom stereocenters. The normalized spacial score (nSPS) is 11.8. The number of hydrogen-bond donors (Lipinski definition) is 2. The fourth-order valence-corrected chi connectivity index (χ4v) is 1.89. The van der Waals surface area contributed by atoms with Crippen molar-refractivity contribution in [3.05, 3.63) is 17.5 Å². The van der Waals surface area contributed by atoms with E-state index in [0.29, 0.717) is 12.2 Å². The molecule has 1 aromatic rings. The molecule has 17 heavy (non-hydrogen) atoms. The molecule has 0 aliphatic rings. The molecule has 5 nitrogen and oxygen atoms in total. The topological polar surface area (TPSA) is 67.2 Å². The van der Waals surface area contributed by atoms with E-state index in [0.717, 1.165) is 12.8 Å². The van der Waals surface area contributed by atoms with E-state index in [1.54, 1.807) is 11.7 Å². The van der Waals surface area contributed by atoms with Crippen molar-refractivity contribution in [2.75, 3.05) is 0 Å². The highest BCUT2D eigenvalue weighted by molar-refractivity contribution is 5.88. The average molecular weight is 239 g/mol. The molecule has 0 saturated carbocycles. The number of nitrogens with zero attached hydrogens (tertiary/aromatic N) is 2. The zero-order chi connectivity index (χ0) is 13.1. The summed E-state index contributed by atoms with van der Waals surface area (Å²) < 4.78 is 1.61. The molecule has 0 amide bonds. The Hall–Kier alpha value is -1.36. The minimum Gasteiger partial charge on any atom is -0.478 e. The van der Waals surface area contributed by atoms with E-state index in [1.807, 2.05) is 0 Å². The molecule has 2 N–H and O–H groups in total. The van der Waals surface area contributed by atoms with Crippen LogP contribution in [0.5, 0.6) is 0 Å². The van der Waals surface area contributed by atoms with Gasteiger partial charge in [-0.05, 0) is 20.3 Å². The number of carboxylic acids is 1. The Morgan fingerprint density at radius 1 is 1.59 bits per heavy atom. The number of carbonyl (C=O) groups is 1. The van der Waals surface area contributed by atoms with Gasteiger partial charge in [0.1, 0.15) is 5.56 Å². The predicted molar refractivity (Wildman–Crippen MR) is 66.0 cm³/mol. The second-order valence-electron chi connectivity index (χ2n) is 4.92. The Balaban J connectivity index is 2.75. The Labute approximate surface area is 102 Å². The first kappa shape index (κ1) is 13.7. The number of aromatic carboxylic acids is 1. The molecular formula is C12H21N3O2. The van der Waals surface area contributed by atoms with Crippen LogP contribution < -0.4 is 5.32 Å². The molecule has 1 rings (SSSR count). The molecule has 1 aromatic heterocycles. The lowest BCUT2D eigenvalue weighted by molar-refractivity contribution is 0.0695. The van der Waals surface area contributed by atoms with E-state index >= 15 is 0 Å². The van der Waals surface area contributed by atoms with Gasteiger partial charge in [-0.2, -0.15) is 5.10 Å². The van der Waals surface area contributed by atoms with E-state index in [-0.39, 0.29) is 11.1 Å². The molecule has 0 aliphatic carbocycles. The van der Waals surface area contributed by atoms with Gasteiger partial charge in [0.05, 0.1) is 11.9 Å². The second-order valence-corrected chi connectivity index (χ2v) is 4.92. The number of hydrogen-bond acceptors (Lipinski definition) is 3. The van der Waals surface area contributed by atoms with Crippen LogP contribution in [0.25, 0.3) is 0 Å².